The second-order valence-electron chi connectivity index (χ2n) is 5.41. The number of hydrogen-bond acceptors (Lipinski definition) is 3. The fourth-order valence-corrected chi connectivity index (χ4v) is 8.19. The smallest absolute Gasteiger partial charge is 0.222 e. The lowest BCUT2D eigenvalue weighted by molar-refractivity contribution is -0.142. The Hall–Kier alpha value is -0.266. The van der Waals surface area contributed by atoms with Crippen LogP contribution in [-0.4, -0.2) is 32.2 Å². The van der Waals surface area contributed by atoms with Crippen LogP contribution in [-0.2, 0) is 14.0 Å². The highest BCUT2D eigenvalue weighted by Crippen LogP contribution is 2.33. The van der Waals surface area contributed by atoms with Gasteiger partial charge in [0, 0.05) is 0 Å². The average Bonchev–Trinajstić information content (AvgIpc) is 1.97. The molecule has 0 saturated carbocycles. The fraction of sp³-hybridized carbons (Fsp3) is 0.778. The molecule has 0 spiro atoms. The Bertz CT molecular complexity index is 305. The van der Waals surface area contributed by atoms with Gasteiger partial charge in [0.15, 0.2) is 20.8 Å². The summed E-state index contributed by atoms with van der Waals surface area (Å²) in [7, 11) is -4.14. The van der Waals surface area contributed by atoms with Crippen molar-refractivity contribution in [2.24, 2.45) is 0 Å². The number of rotatable bonds is 0. The standard InChI is InChI=1S/C9H18O3Si2/c1-9(2)7(10)8(11)13(3,4)14(5,6)12-9/h1-6H3. The van der Waals surface area contributed by atoms with E-state index >= 15 is 0 Å². The van der Waals surface area contributed by atoms with Crippen LogP contribution in [0.4, 0.5) is 0 Å². The first-order valence-electron chi connectivity index (χ1n) is 4.82. The van der Waals surface area contributed by atoms with Gasteiger partial charge in [0.2, 0.25) is 5.78 Å². The SMILES string of the molecule is CC1(C)O[Si](C)(C)[Si](C)(C)C(=O)C1=O. The predicted molar refractivity (Wildman–Crippen MR) is 60.1 cm³/mol. The largest absolute Gasteiger partial charge is 0.407 e. The van der Waals surface area contributed by atoms with E-state index in [1.807, 2.05) is 26.2 Å². The molecule has 3 nitrogen and oxygen atoms in total. The molecule has 0 bridgehead atoms. The molecule has 1 rings (SSSR count). The molecule has 0 aromatic heterocycles. The molecule has 0 aromatic rings. The van der Waals surface area contributed by atoms with Gasteiger partial charge in [0.05, 0.1) is 0 Å². The van der Waals surface area contributed by atoms with Crippen LogP contribution in [0.25, 0.3) is 0 Å². The number of hydrogen-bond donors (Lipinski definition) is 0. The van der Waals surface area contributed by atoms with E-state index < -0.39 is 21.0 Å². The quantitative estimate of drug-likeness (QED) is 0.467. The Morgan fingerprint density at radius 3 is 1.93 bits per heavy atom. The third-order valence-corrected chi connectivity index (χ3v) is 18.7. The van der Waals surface area contributed by atoms with Gasteiger partial charge in [0.1, 0.15) is 5.60 Å². The second-order valence-corrected chi connectivity index (χ2v) is 19.7. The third kappa shape index (κ3) is 1.43. The second kappa shape index (κ2) is 2.87. The summed E-state index contributed by atoms with van der Waals surface area (Å²) in [6.07, 6.45) is 0. The summed E-state index contributed by atoms with van der Waals surface area (Å²) in [5, 5.41) is -0.134. The zero-order valence-electron chi connectivity index (χ0n) is 9.72. The van der Waals surface area contributed by atoms with Crippen LogP contribution in [0.5, 0.6) is 0 Å². The molecule has 1 aliphatic heterocycles. The van der Waals surface area contributed by atoms with E-state index in [1.165, 1.54) is 0 Å². The molecule has 0 aliphatic carbocycles. The van der Waals surface area contributed by atoms with E-state index in [9.17, 15) is 9.59 Å². The molecule has 0 radical (unpaired) electrons. The van der Waals surface area contributed by atoms with Crippen molar-refractivity contribution in [1.82, 2.24) is 0 Å². The van der Waals surface area contributed by atoms with Gasteiger partial charge in [-0.2, -0.15) is 0 Å². The Morgan fingerprint density at radius 2 is 1.50 bits per heavy atom. The van der Waals surface area contributed by atoms with E-state index in [0.717, 1.165) is 0 Å². The first-order chi connectivity index (χ1) is 6.02. The Morgan fingerprint density at radius 1 is 1.07 bits per heavy atom. The molecule has 1 fully saturated rings. The zero-order valence-corrected chi connectivity index (χ0v) is 11.7. The van der Waals surface area contributed by atoms with Crippen molar-refractivity contribution < 1.29 is 14.0 Å². The summed E-state index contributed by atoms with van der Waals surface area (Å²) < 4.78 is 5.89. The van der Waals surface area contributed by atoms with Gasteiger partial charge in [0.25, 0.3) is 0 Å². The van der Waals surface area contributed by atoms with Crippen molar-refractivity contribution >= 4 is 26.6 Å². The lowest BCUT2D eigenvalue weighted by Gasteiger charge is -2.46. The molecular formula is C9H18O3Si2. The molecule has 0 unspecified atom stereocenters. The number of carbonyl (C=O) groups is 2. The molecule has 5 heteroatoms. The lowest BCUT2D eigenvalue weighted by atomic mass is 10.1. The van der Waals surface area contributed by atoms with Crippen LogP contribution in [0, 0.1) is 0 Å². The molecule has 0 N–H and O–H groups in total. The van der Waals surface area contributed by atoms with Crippen molar-refractivity contribution in [3.05, 3.63) is 0 Å². The van der Waals surface area contributed by atoms with Crippen LogP contribution >= 0.6 is 0 Å². The van der Waals surface area contributed by atoms with Crippen molar-refractivity contribution in [3.8, 4) is 0 Å². The first kappa shape index (κ1) is 11.8. The Labute approximate surface area is 86.8 Å². The normalized spacial score (nSPS) is 29.0. The summed E-state index contributed by atoms with van der Waals surface area (Å²) in [4.78, 5) is 23.7. The summed E-state index contributed by atoms with van der Waals surface area (Å²) in [5.74, 6) is -0.332. The number of carbonyl (C=O) groups excluding carboxylic acids is 2. The van der Waals surface area contributed by atoms with Gasteiger partial charge in [-0.15, -0.1) is 0 Å². The summed E-state index contributed by atoms with van der Waals surface area (Å²) >= 11 is 0. The van der Waals surface area contributed by atoms with Crippen molar-refractivity contribution in [2.45, 2.75) is 45.6 Å². The molecule has 0 aromatic carbocycles. The summed E-state index contributed by atoms with van der Waals surface area (Å²) in [6, 6.07) is 0. The Kier molecular flexibility index (Phi) is 2.42. The van der Waals surface area contributed by atoms with Crippen molar-refractivity contribution in [2.75, 3.05) is 0 Å². The maximum Gasteiger partial charge on any atom is 0.222 e. The van der Waals surface area contributed by atoms with Crippen LogP contribution < -0.4 is 0 Å². The highest BCUT2D eigenvalue weighted by molar-refractivity contribution is 7.53. The minimum absolute atomic E-state index is 0.134. The van der Waals surface area contributed by atoms with Crippen LogP contribution in [0.2, 0.25) is 26.2 Å². The number of ketones is 1. The van der Waals surface area contributed by atoms with Crippen LogP contribution in [0.15, 0.2) is 0 Å². The highest BCUT2D eigenvalue weighted by atomic mass is 29.3. The van der Waals surface area contributed by atoms with E-state index in [2.05, 4.69) is 0 Å². The van der Waals surface area contributed by atoms with E-state index in [-0.39, 0.29) is 11.2 Å². The lowest BCUT2D eigenvalue weighted by Crippen LogP contribution is -2.73. The molecule has 1 aliphatic rings. The summed E-state index contributed by atoms with van der Waals surface area (Å²) in [5.41, 5.74) is -0.894. The van der Waals surface area contributed by atoms with Crippen molar-refractivity contribution in [3.63, 3.8) is 0 Å². The third-order valence-electron chi connectivity index (χ3n) is 3.34. The molecule has 0 amide bonds. The average molecular weight is 230 g/mol. The molecule has 1 heterocycles. The topological polar surface area (TPSA) is 43.4 Å². The summed E-state index contributed by atoms with van der Waals surface area (Å²) in [6.45, 7) is 11.4. The van der Waals surface area contributed by atoms with E-state index in [1.54, 1.807) is 13.8 Å². The van der Waals surface area contributed by atoms with Gasteiger partial charge in [-0.1, -0.05) is 13.1 Å². The Balaban J connectivity index is 3.22. The maximum absolute atomic E-state index is 11.9. The molecular weight excluding hydrogens is 212 g/mol. The van der Waals surface area contributed by atoms with Gasteiger partial charge in [-0.25, -0.2) is 0 Å². The molecule has 14 heavy (non-hydrogen) atoms. The zero-order chi connectivity index (χ0) is 11.4. The van der Waals surface area contributed by atoms with E-state index in [4.69, 9.17) is 4.43 Å². The maximum atomic E-state index is 11.9. The van der Waals surface area contributed by atoms with Crippen LogP contribution in [0.1, 0.15) is 13.8 Å². The first-order valence-corrected chi connectivity index (χ1v) is 11.7. The molecule has 80 valence electrons. The van der Waals surface area contributed by atoms with Gasteiger partial charge in [-0.05, 0) is 26.9 Å². The fourth-order valence-electron chi connectivity index (χ4n) is 1.64. The molecule has 1 saturated heterocycles. The van der Waals surface area contributed by atoms with Gasteiger partial charge >= 0.3 is 0 Å². The van der Waals surface area contributed by atoms with E-state index in [0.29, 0.717) is 0 Å². The minimum atomic E-state index is -2.15. The predicted octanol–water partition coefficient (Wildman–Crippen LogP) is 1.46. The highest BCUT2D eigenvalue weighted by Gasteiger charge is 2.60. The number of Topliss-reactive ketones (excluding diaryl/α,β-unsaturated/α-hetero) is 1. The minimum Gasteiger partial charge on any atom is -0.407 e. The van der Waals surface area contributed by atoms with Crippen LogP contribution in [0.3, 0.4) is 0 Å². The van der Waals surface area contributed by atoms with Gasteiger partial charge in [-0.3, -0.25) is 9.59 Å². The van der Waals surface area contributed by atoms with Gasteiger partial charge < -0.3 is 4.43 Å². The molecule has 0 atom stereocenters. The monoisotopic (exact) mass is 230 g/mol. The van der Waals surface area contributed by atoms with Crippen molar-refractivity contribution in [1.29, 1.82) is 0 Å².